The smallest absolute Gasteiger partial charge is 0.463 e. The summed E-state index contributed by atoms with van der Waals surface area (Å²) in [5.74, 6) is -0.383. The summed E-state index contributed by atoms with van der Waals surface area (Å²) < 4.78 is 41.7. The highest BCUT2D eigenvalue weighted by Gasteiger charge is 2.36. The van der Waals surface area contributed by atoms with Gasteiger partial charge in [0.2, 0.25) is 0 Å². The third-order valence-electron chi connectivity index (χ3n) is 9.91. The van der Waals surface area contributed by atoms with Gasteiger partial charge in [-0.2, -0.15) is 0 Å². The average Bonchev–Trinajstić information content (AvgIpc) is 3.49. The highest BCUT2D eigenvalue weighted by Crippen LogP contribution is 2.50. The standard InChI is InChI=1S/C49H50O14/c1-5-43(50)56-27-7-9-29-58-47(54)62-35-17-11-33(12-18-35)15-25-45(52)60-37-21-23-39-40-24-22-38(32-42(40)49(3,4)41(39)31-37)61-46(53)26-16-34-13-19-36(20-14-34)63-48(55)59-30-10-8-28-57-44(51)6-2/h5-6,11-14,17-24,31-32H,1-2,7-10,15-16,25-30H2,3-4H3. The maximum absolute atomic E-state index is 12.9. The van der Waals surface area contributed by atoms with Crippen molar-refractivity contribution in [2.45, 2.75) is 70.6 Å². The molecule has 0 fully saturated rings. The van der Waals surface area contributed by atoms with E-state index < -0.39 is 41.6 Å². The summed E-state index contributed by atoms with van der Waals surface area (Å²) in [6.45, 7) is 11.4. The molecule has 0 saturated heterocycles. The third-order valence-corrected chi connectivity index (χ3v) is 9.91. The molecular weight excluding hydrogens is 813 g/mol. The van der Waals surface area contributed by atoms with Crippen LogP contribution in [0.25, 0.3) is 11.1 Å². The van der Waals surface area contributed by atoms with Crippen LogP contribution in [0, 0.1) is 0 Å². The molecule has 0 amide bonds. The number of fused-ring (bicyclic) bond motifs is 3. The van der Waals surface area contributed by atoms with Gasteiger partial charge in [-0.25, -0.2) is 19.2 Å². The predicted molar refractivity (Wildman–Crippen MR) is 230 cm³/mol. The molecule has 4 aromatic rings. The third kappa shape index (κ3) is 14.4. The molecule has 330 valence electrons. The molecule has 0 radical (unpaired) electrons. The summed E-state index contributed by atoms with van der Waals surface area (Å²) in [6.07, 6.45) is 3.58. The lowest BCUT2D eigenvalue weighted by molar-refractivity contribution is -0.138. The van der Waals surface area contributed by atoms with E-state index in [0.29, 0.717) is 61.5 Å². The van der Waals surface area contributed by atoms with Crippen LogP contribution in [0.5, 0.6) is 23.0 Å². The normalized spacial score (nSPS) is 11.8. The summed E-state index contributed by atoms with van der Waals surface area (Å²) in [5, 5.41) is 0. The molecule has 0 atom stereocenters. The molecule has 63 heavy (non-hydrogen) atoms. The van der Waals surface area contributed by atoms with Gasteiger partial charge < -0.3 is 37.9 Å². The fourth-order valence-corrected chi connectivity index (χ4v) is 6.56. The first-order valence-corrected chi connectivity index (χ1v) is 20.5. The second-order valence-electron chi connectivity index (χ2n) is 14.8. The van der Waals surface area contributed by atoms with Crippen LogP contribution in [0.2, 0.25) is 0 Å². The van der Waals surface area contributed by atoms with E-state index in [1.165, 1.54) is 0 Å². The molecule has 1 aliphatic rings. The van der Waals surface area contributed by atoms with Gasteiger partial charge in [0.05, 0.1) is 26.4 Å². The van der Waals surface area contributed by atoms with Gasteiger partial charge in [-0.15, -0.1) is 0 Å². The van der Waals surface area contributed by atoms with Gasteiger partial charge in [0.15, 0.2) is 0 Å². The van der Waals surface area contributed by atoms with Crippen LogP contribution in [0.15, 0.2) is 110 Å². The fourth-order valence-electron chi connectivity index (χ4n) is 6.56. The van der Waals surface area contributed by atoms with Crippen molar-refractivity contribution < 1.29 is 66.7 Å². The van der Waals surface area contributed by atoms with Gasteiger partial charge in [0.1, 0.15) is 23.0 Å². The van der Waals surface area contributed by atoms with E-state index in [1.54, 1.807) is 60.7 Å². The molecule has 0 spiro atoms. The van der Waals surface area contributed by atoms with Gasteiger partial charge in [0, 0.05) is 30.4 Å². The molecule has 0 unspecified atom stereocenters. The van der Waals surface area contributed by atoms with E-state index in [2.05, 4.69) is 27.0 Å². The zero-order valence-corrected chi connectivity index (χ0v) is 35.4. The summed E-state index contributed by atoms with van der Waals surface area (Å²) in [7, 11) is 0. The molecule has 5 rings (SSSR count). The van der Waals surface area contributed by atoms with Crippen LogP contribution in [-0.2, 0) is 56.4 Å². The van der Waals surface area contributed by atoms with Gasteiger partial charge in [-0.3, -0.25) is 9.59 Å². The Balaban J connectivity index is 1.03. The SMILES string of the molecule is C=CC(=O)OCCCCOC(=O)Oc1ccc(CCC(=O)Oc2ccc3c(c2)C(C)(C)c2cc(OC(=O)CCc4ccc(OC(=O)OCCCCOC(=O)C=C)cc4)ccc2-3)cc1. The monoisotopic (exact) mass is 862 g/mol. The zero-order valence-electron chi connectivity index (χ0n) is 35.4. The minimum Gasteiger partial charge on any atom is -0.463 e. The minimum atomic E-state index is -0.848. The van der Waals surface area contributed by atoms with Crippen LogP contribution >= 0.6 is 0 Å². The minimum absolute atomic E-state index is 0.114. The van der Waals surface area contributed by atoms with Crippen LogP contribution in [-0.4, -0.2) is 62.6 Å². The molecule has 4 aromatic carbocycles. The average molecular weight is 863 g/mol. The van der Waals surface area contributed by atoms with E-state index in [0.717, 1.165) is 45.5 Å². The number of ether oxygens (including phenoxy) is 8. The van der Waals surface area contributed by atoms with Crippen LogP contribution < -0.4 is 18.9 Å². The summed E-state index contributed by atoms with van der Waals surface area (Å²) in [6, 6.07) is 24.6. The number of carbonyl (C=O) groups is 6. The van der Waals surface area contributed by atoms with Gasteiger partial charge >= 0.3 is 36.2 Å². The van der Waals surface area contributed by atoms with Crippen molar-refractivity contribution in [3.63, 3.8) is 0 Å². The van der Waals surface area contributed by atoms with Crippen molar-refractivity contribution in [2.75, 3.05) is 26.4 Å². The van der Waals surface area contributed by atoms with Gasteiger partial charge in [-0.05, 0) is 120 Å². The van der Waals surface area contributed by atoms with Crippen molar-refractivity contribution in [3.8, 4) is 34.1 Å². The Bertz CT molecular complexity index is 2120. The maximum atomic E-state index is 12.9. The first-order chi connectivity index (χ1) is 30.3. The molecule has 0 aliphatic heterocycles. The van der Waals surface area contributed by atoms with Crippen molar-refractivity contribution in [2.24, 2.45) is 0 Å². The van der Waals surface area contributed by atoms with Crippen molar-refractivity contribution >= 4 is 36.2 Å². The lowest BCUT2D eigenvalue weighted by Crippen LogP contribution is -2.16. The molecule has 0 saturated carbocycles. The second kappa shape index (κ2) is 23.1. The number of aryl methyl sites for hydroxylation is 2. The predicted octanol–water partition coefficient (Wildman–Crippen LogP) is 9.12. The molecule has 0 aromatic heterocycles. The van der Waals surface area contributed by atoms with E-state index in [9.17, 15) is 28.8 Å². The summed E-state index contributed by atoms with van der Waals surface area (Å²) >= 11 is 0. The Morgan fingerprint density at radius 3 is 1.19 bits per heavy atom. The van der Waals surface area contributed by atoms with Crippen LogP contribution in [0.1, 0.15) is 74.6 Å². The molecule has 0 bridgehead atoms. The first-order valence-electron chi connectivity index (χ1n) is 20.5. The molecular formula is C49H50O14. The van der Waals surface area contributed by atoms with Gasteiger partial charge in [0.25, 0.3) is 0 Å². The number of carbonyl (C=O) groups excluding carboxylic acids is 6. The first kappa shape index (κ1) is 46.8. The van der Waals surface area contributed by atoms with Crippen molar-refractivity contribution in [1.29, 1.82) is 0 Å². The largest absolute Gasteiger partial charge is 0.513 e. The molecule has 0 N–H and O–H groups in total. The summed E-state index contributed by atoms with van der Waals surface area (Å²) in [5.41, 5.74) is 5.15. The number of esters is 4. The van der Waals surface area contributed by atoms with Crippen molar-refractivity contribution in [1.82, 2.24) is 0 Å². The molecule has 14 heteroatoms. The Hall–Kier alpha value is -7.22. The lowest BCUT2D eigenvalue weighted by Gasteiger charge is -2.22. The maximum Gasteiger partial charge on any atom is 0.513 e. The number of hydrogen-bond acceptors (Lipinski definition) is 14. The number of unbranched alkanes of at least 4 members (excludes halogenated alkanes) is 2. The Morgan fingerprint density at radius 2 is 0.825 bits per heavy atom. The second-order valence-corrected chi connectivity index (χ2v) is 14.8. The highest BCUT2D eigenvalue weighted by atomic mass is 16.7. The van der Waals surface area contributed by atoms with E-state index in [4.69, 9.17) is 37.9 Å². The quantitative estimate of drug-likeness (QED) is 0.0183. The topological polar surface area (TPSA) is 176 Å². The number of benzene rings is 4. The fraction of sp³-hybridized carbons (Fsp3) is 0.306. The molecule has 0 heterocycles. The Labute approximate surface area is 365 Å². The molecule has 1 aliphatic carbocycles. The summed E-state index contributed by atoms with van der Waals surface area (Å²) in [4.78, 5) is 71.9. The highest BCUT2D eigenvalue weighted by molar-refractivity contribution is 5.84. The van der Waals surface area contributed by atoms with E-state index in [1.807, 2.05) is 24.3 Å². The van der Waals surface area contributed by atoms with E-state index >= 15 is 0 Å². The van der Waals surface area contributed by atoms with Gasteiger partial charge in [-0.1, -0.05) is 63.4 Å². The van der Waals surface area contributed by atoms with Crippen LogP contribution in [0.3, 0.4) is 0 Å². The lowest BCUT2D eigenvalue weighted by atomic mass is 9.82. The number of hydrogen-bond donors (Lipinski definition) is 0. The Morgan fingerprint density at radius 1 is 0.476 bits per heavy atom. The zero-order chi connectivity index (χ0) is 45.2. The van der Waals surface area contributed by atoms with Crippen molar-refractivity contribution in [3.05, 3.63) is 132 Å². The number of rotatable bonds is 22. The van der Waals surface area contributed by atoms with Crippen LogP contribution in [0.4, 0.5) is 9.59 Å². The molecule has 14 nitrogen and oxygen atoms in total. The Kier molecular flexibility index (Phi) is 17.2. The van der Waals surface area contributed by atoms with E-state index in [-0.39, 0.29) is 39.3 Å².